The molecule has 7 heteroatoms. The Kier molecular flexibility index (Phi) is 5.10. The van der Waals surface area contributed by atoms with E-state index in [4.69, 9.17) is 9.47 Å². The summed E-state index contributed by atoms with van der Waals surface area (Å²) in [5, 5.41) is 8.05. The number of rotatable bonds is 5. The van der Waals surface area contributed by atoms with Crippen molar-refractivity contribution in [3.05, 3.63) is 42.0 Å². The molecule has 0 spiro atoms. The van der Waals surface area contributed by atoms with E-state index in [2.05, 4.69) is 10.2 Å². The molecule has 7 nitrogen and oxygen atoms in total. The van der Waals surface area contributed by atoms with Crippen LogP contribution in [0.5, 0.6) is 5.75 Å². The molecule has 1 aromatic heterocycles. The first-order valence-electron chi connectivity index (χ1n) is 8.14. The first kappa shape index (κ1) is 16.4. The molecule has 1 aliphatic heterocycles. The lowest BCUT2D eigenvalue weighted by molar-refractivity contribution is -0.141. The number of carbonyl (C=O) groups is 1. The Morgan fingerprint density at radius 1 is 1.38 bits per heavy atom. The van der Waals surface area contributed by atoms with Gasteiger partial charge >= 0.3 is 0 Å². The van der Waals surface area contributed by atoms with Crippen molar-refractivity contribution < 1.29 is 14.3 Å². The van der Waals surface area contributed by atoms with E-state index in [-0.39, 0.29) is 18.6 Å². The van der Waals surface area contributed by atoms with Crippen LogP contribution in [0, 0.1) is 6.92 Å². The Morgan fingerprint density at radius 2 is 2.17 bits per heavy atom. The van der Waals surface area contributed by atoms with Gasteiger partial charge in [-0.05, 0) is 26.0 Å². The molecule has 2 aromatic rings. The molecule has 1 amide bonds. The molecule has 0 unspecified atom stereocenters. The van der Waals surface area contributed by atoms with Crippen molar-refractivity contribution in [2.75, 3.05) is 26.3 Å². The highest BCUT2D eigenvalue weighted by atomic mass is 16.5. The number of ether oxygens (including phenoxy) is 2. The Balaban J connectivity index is 1.58. The number of aryl methyl sites for hydroxylation is 2. The van der Waals surface area contributed by atoms with Crippen LogP contribution in [-0.2, 0) is 16.1 Å². The minimum atomic E-state index is -0.246. The monoisotopic (exact) mass is 330 g/mol. The van der Waals surface area contributed by atoms with E-state index in [0.717, 1.165) is 17.9 Å². The molecule has 1 aliphatic rings. The smallest absolute Gasteiger partial charge is 0.260 e. The number of morpholine rings is 1. The summed E-state index contributed by atoms with van der Waals surface area (Å²) >= 11 is 0. The normalized spacial score (nSPS) is 17.8. The fourth-order valence-corrected chi connectivity index (χ4v) is 2.66. The van der Waals surface area contributed by atoms with E-state index in [1.54, 1.807) is 11.2 Å². The molecule has 0 bridgehead atoms. The Bertz CT molecular complexity index is 683. The summed E-state index contributed by atoms with van der Waals surface area (Å²) < 4.78 is 13.3. The lowest BCUT2D eigenvalue weighted by atomic mass is 10.2. The average Bonchev–Trinajstić information content (AvgIpc) is 3.10. The van der Waals surface area contributed by atoms with Crippen molar-refractivity contribution in [1.29, 1.82) is 0 Å². The van der Waals surface area contributed by atoms with Crippen molar-refractivity contribution in [1.82, 2.24) is 19.7 Å². The van der Waals surface area contributed by atoms with Crippen LogP contribution in [0.1, 0.15) is 24.4 Å². The molecule has 1 aromatic carbocycles. The van der Waals surface area contributed by atoms with Gasteiger partial charge in [0.15, 0.2) is 12.4 Å². The summed E-state index contributed by atoms with van der Waals surface area (Å²) in [7, 11) is 0. The van der Waals surface area contributed by atoms with E-state index < -0.39 is 0 Å². The van der Waals surface area contributed by atoms with Crippen molar-refractivity contribution >= 4 is 5.91 Å². The molecule has 0 radical (unpaired) electrons. The van der Waals surface area contributed by atoms with Gasteiger partial charge in [-0.2, -0.15) is 0 Å². The van der Waals surface area contributed by atoms with Crippen LogP contribution in [0.15, 0.2) is 30.6 Å². The zero-order valence-corrected chi connectivity index (χ0v) is 14.0. The molecule has 0 N–H and O–H groups in total. The van der Waals surface area contributed by atoms with Crippen LogP contribution in [0.25, 0.3) is 0 Å². The lowest BCUT2D eigenvalue weighted by Gasteiger charge is -2.32. The Morgan fingerprint density at radius 3 is 2.92 bits per heavy atom. The van der Waals surface area contributed by atoms with Gasteiger partial charge in [0.2, 0.25) is 0 Å². The van der Waals surface area contributed by atoms with Gasteiger partial charge in [-0.25, -0.2) is 0 Å². The standard InChI is InChI=1S/C17H22N4O3/c1-3-20-12-18-19-17(20)15-10-21(8-9-23-15)16(22)11-24-14-6-4-13(2)5-7-14/h4-7,12,15H,3,8-11H2,1-2H3/t15-/m0/s1. The molecule has 24 heavy (non-hydrogen) atoms. The summed E-state index contributed by atoms with van der Waals surface area (Å²) in [4.78, 5) is 14.2. The van der Waals surface area contributed by atoms with Crippen LogP contribution in [0.4, 0.5) is 0 Å². The van der Waals surface area contributed by atoms with Crippen LogP contribution in [0.2, 0.25) is 0 Å². The van der Waals surface area contributed by atoms with Crippen LogP contribution in [0.3, 0.4) is 0 Å². The van der Waals surface area contributed by atoms with Crippen molar-refractivity contribution in [3.8, 4) is 5.75 Å². The Hall–Kier alpha value is -2.41. The van der Waals surface area contributed by atoms with Gasteiger partial charge in [-0.15, -0.1) is 10.2 Å². The molecule has 0 aliphatic carbocycles. The van der Waals surface area contributed by atoms with Gasteiger partial charge in [0.1, 0.15) is 18.2 Å². The van der Waals surface area contributed by atoms with E-state index in [1.165, 1.54) is 0 Å². The molecule has 0 saturated carbocycles. The quantitative estimate of drug-likeness (QED) is 0.832. The van der Waals surface area contributed by atoms with Gasteiger partial charge in [-0.1, -0.05) is 17.7 Å². The zero-order chi connectivity index (χ0) is 16.9. The molecule has 2 heterocycles. The predicted octanol–water partition coefficient (Wildman–Crippen LogP) is 1.59. The summed E-state index contributed by atoms with van der Waals surface area (Å²) in [6, 6.07) is 7.66. The highest BCUT2D eigenvalue weighted by Gasteiger charge is 2.28. The lowest BCUT2D eigenvalue weighted by Crippen LogP contribution is -2.44. The predicted molar refractivity (Wildman–Crippen MR) is 87.6 cm³/mol. The number of carbonyl (C=O) groups excluding carboxylic acids is 1. The minimum Gasteiger partial charge on any atom is -0.484 e. The van der Waals surface area contributed by atoms with Crippen LogP contribution < -0.4 is 4.74 Å². The topological polar surface area (TPSA) is 69.5 Å². The van der Waals surface area contributed by atoms with Crippen molar-refractivity contribution in [3.63, 3.8) is 0 Å². The molecule has 1 saturated heterocycles. The van der Waals surface area contributed by atoms with Crippen molar-refractivity contribution in [2.24, 2.45) is 0 Å². The second kappa shape index (κ2) is 7.44. The van der Waals surface area contributed by atoms with E-state index in [9.17, 15) is 4.79 Å². The molecular formula is C17H22N4O3. The number of benzene rings is 1. The van der Waals surface area contributed by atoms with E-state index >= 15 is 0 Å². The maximum Gasteiger partial charge on any atom is 0.260 e. The average molecular weight is 330 g/mol. The van der Waals surface area contributed by atoms with Gasteiger partial charge < -0.3 is 18.9 Å². The number of hydrogen-bond acceptors (Lipinski definition) is 5. The third-order valence-corrected chi connectivity index (χ3v) is 4.08. The van der Waals surface area contributed by atoms with E-state index in [1.807, 2.05) is 42.7 Å². The third-order valence-electron chi connectivity index (χ3n) is 4.08. The zero-order valence-electron chi connectivity index (χ0n) is 14.0. The summed E-state index contributed by atoms with van der Waals surface area (Å²) in [5.74, 6) is 1.41. The summed E-state index contributed by atoms with van der Waals surface area (Å²) in [6.45, 7) is 6.34. The second-order valence-corrected chi connectivity index (χ2v) is 5.78. The molecule has 1 atom stereocenters. The first-order chi connectivity index (χ1) is 11.7. The largest absolute Gasteiger partial charge is 0.484 e. The number of hydrogen-bond donors (Lipinski definition) is 0. The third kappa shape index (κ3) is 3.73. The number of nitrogens with zero attached hydrogens (tertiary/aromatic N) is 4. The summed E-state index contributed by atoms with van der Waals surface area (Å²) in [5.41, 5.74) is 1.16. The highest BCUT2D eigenvalue weighted by Crippen LogP contribution is 2.20. The molecule has 3 rings (SSSR count). The Labute approximate surface area is 141 Å². The molecular weight excluding hydrogens is 308 g/mol. The summed E-state index contributed by atoms with van der Waals surface area (Å²) in [6.07, 6.45) is 1.43. The second-order valence-electron chi connectivity index (χ2n) is 5.78. The van der Waals surface area contributed by atoms with E-state index in [0.29, 0.717) is 25.4 Å². The minimum absolute atomic E-state index is 0.0241. The first-order valence-corrected chi connectivity index (χ1v) is 8.14. The van der Waals surface area contributed by atoms with Gasteiger partial charge in [0.05, 0.1) is 13.2 Å². The maximum atomic E-state index is 12.4. The van der Waals surface area contributed by atoms with Gasteiger partial charge in [0, 0.05) is 13.1 Å². The van der Waals surface area contributed by atoms with Crippen molar-refractivity contribution in [2.45, 2.75) is 26.5 Å². The maximum absolute atomic E-state index is 12.4. The fourth-order valence-electron chi connectivity index (χ4n) is 2.66. The van der Waals surface area contributed by atoms with Gasteiger partial charge in [0.25, 0.3) is 5.91 Å². The van der Waals surface area contributed by atoms with Crippen LogP contribution in [-0.4, -0.2) is 51.9 Å². The highest BCUT2D eigenvalue weighted by molar-refractivity contribution is 5.77. The SMILES string of the molecule is CCn1cnnc1[C@@H]1CN(C(=O)COc2ccc(C)cc2)CCO1. The number of amides is 1. The van der Waals surface area contributed by atoms with Crippen LogP contribution >= 0.6 is 0 Å². The van der Waals surface area contributed by atoms with Gasteiger partial charge in [-0.3, -0.25) is 4.79 Å². The fraction of sp³-hybridized carbons (Fsp3) is 0.471. The molecule has 128 valence electrons. The number of aromatic nitrogens is 3. The molecule has 1 fully saturated rings.